The van der Waals surface area contributed by atoms with Gasteiger partial charge in [-0.25, -0.2) is 9.48 Å². The van der Waals surface area contributed by atoms with Gasteiger partial charge in [0.15, 0.2) is 5.69 Å². The highest BCUT2D eigenvalue weighted by Crippen LogP contribution is 2.42. The van der Waals surface area contributed by atoms with E-state index in [-0.39, 0.29) is 11.8 Å². The molecule has 1 aliphatic rings. The average Bonchev–Trinajstić information content (AvgIpc) is 3.17. The number of carboxylic acids is 1. The van der Waals surface area contributed by atoms with E-state index in [1.807, 2.05) is 38.1 Å². The predicted molar refractivity (Wildman–Crippen MR) is 78.3 cm³/mol. The minimum absolute atomic E-state index is 0.0463. The summed E-state index contributed by atoms with van der Waals surface area (Å²) in [5.41, 5.74) is 1.82. The van der Waals surface area contributed by atoms with E-state index in [4.69, 9.17) is 4.74 Å². The summed E-state index contributed by atoms with van der Waals surface area (Å²) in [4.78, 5) is 11.2. The molecule has 1 aliphatic carbocycles. The molecule has 0 saturated heterocycles. The van der Waals surface area contributed by atoms with Gasteiger partial charge in [-0.15, -0.1) is 0 Å². The third kappa shape index (κ3) is 2.77. The number of aromatic carboxylic acids is 1. The molecule has 1 N–H and O–H groups in total. The van der Waals surface area contributed by atoms with Crippen molar-refractivity contribution in [2.75, 3.05) is 0 Å². The van der Waals surface area contributed by atoms with Crippen LogP contribution in [0.1, 0.15) is 48.8 Å². The van der Waals surface area contributed by atoms with Gasteiger partial charge >= 0.3 is 5.97 Å². The van der Waals surface area contributed by atoms with E-state index in [1.165, 1.54) is 0 Å². The van der Waals surface area contributed by atoms with Gasteiger partial charge in [0, 0.05) is 11.6 Å². The smallest absolute Gasteiger partial charge is 0.356 e. The fraction of sp³-hybridized carbons (Fsp3) is 0.375. The lowest BCUT2D eigenvalue weighted by molar-refractivity contribution is 0.0690. The molecule has 1 saturated carbocycles. The number of para-hydroxylation sites is 2. The number of hydrogen-bond donors (Lipinski definition) is 1. The van der Waals surface area contributed by atoms with E-state index >= 15 is 0 Å². The molecule has 1 aromatic heterocycles. The Labute approximate surface area is 123 Å². The standard InChI is InChI=1S/C16H18N2O3/c1-10(2)21-15-6-4-3-5-13(15)18-14(11-7-8-11)9-12(17-18)16(19)20/h3-6,9-11H,7-8H2,1-2H3,(H,19,20). The van der Waals surface area contributed by atoms with E-state index in [2.05, 4.69) is 5.10 Å². The van der Waals surface area contributed by atoms with Gasteiger partial charge in [0.05, 0.1) is 6.10 Å². The molecule has 0 atom stereocenters. The first-order chi connectivity index (χ1) is 10.1. The molecule has 0 amide bonds. The maximum absolute atomic E-state index is 11.2. The van der Waals surface area contributed by atoms with Crippen molar-refractivity contribution in [3.8, 4) is 11.4 Å². The summed E-state index contributed by atoms with van der Waals surface area (Å²) in [6.45, 7) is 3.93. The highest BCUT2D eigenvalue weighted by atomic mass is 16.5. The largest absolute Gasteiger partial charge is 0.489 e. The van der Waals surface area contributed by atoms with Gasteiger partial charge in [-0.2, -0.15) is 5.10 Å². The zero-order valence-corrected chi connectivity index (χ0v) is 12.1. The second kappa shape index (κ2) is 5.24. The lowest BCUT2D eigenvalue weighted by Crippen LogP contribution is -2.10. The Morgan fingerprint density at radius 3 is 2.71 bits per heavy atom. The molecule has 3 rings (SSSR count). The van der Waals surface area contributed by atoms with E-state index in [1.54, 1.807) is 10.7 Å². The van der Waals surface area contributed by atoms with Crippen molar-refractivity contribution >= 4 is 5.97 Å². The Bertz CT molecular complexity index is 672. The Morgan fingerprint density at radius 2 is 2.10 bits per heavy atom. The third-order valence-corrected chi connectivity index (χ3v) is 3.41. The van der Waals surface area contributed by atoms with Crippen LogP contribution in [0.3, 0.4) is 0 Å². The molecule has 1 aromatic carbocycles. The second-order valence-corrected chi connectivity index (χ2v) is 5.58. The average molecular weight is 286 g/mol. The summed E-state index contributed by atoms with van der Waals surface area (Å²) < 4.78 is 7.54. The third-order valence-electron chi connectivity index (χ3n) is 3.41. The molecule has 110 valence electrons. The van der Waals surface area contributed by atoms with Crippen molar-refractivity contribution in [2.45, 2.75) is 38.7 Å². The number of carbonyl (C=O) groups is 1. The van der Waals surface area contributed by atoms with Crippen LogP contribution in [0.25, 0.3) is 5.69 Å². The Morgan fingerprint density at radius 1 is 1.38 bits per heavy atom. The first-order valence-electron chi connectivity index (χ1n) is 7.15. The monoisotopic (exact) mass is 286 g/mol. The zero-order chi connectivity index (χ0) is 15.0. The van der Waals surface area contributed by atoms with Crippen LogP contribution in [0.5, 0.6) is 5.75 Å². The number of benzene rings is 1. The van der Waals surface area contributed by atoms with Gasteiger partial charge in [-0.05, 0) is 44.9 Å². The van der Waals surface area contributed by atoms with Crippen LogP contribution in [0.2, 0.25) is 0 Å². The molecule has 0 bridgehead atoms. The number of rotatable bonds is 5. The fourth-order valence-electron chi connectivity index (χ4n) is 2.35. The van der Waals surface area contributed by atoms with E-state index in [9.17, 15) is 9.90 Å². The molecular weight excluding hydrogens is 268 g/mol. The Kier molecular flexibility index (Phi) is 3.41. The van der Waals surface area contributed by atoms with Crippen LogP contribution < -0.4 is 4.74 Å². The van der Waals surface area contributed by atoms with Gasteiger partial charge in [0.2, 0.25) is 0 Å². The molecule has 2 aromatic rings. The molecular formula is C16H18N2O3. The number of hydrogen-bond acceptors (Lipinski definition) is 3. The summed E-state index contributed by atoms with van der Waals surface area (Å²) in [6, 6.07) is 9.27. The molecule has 1 heterocycles. The summed E-state index contributed by atoms with van der Waals surface area (Å²) in [7, 11) is 0. The molecule has 0 aliphatic heterocycles. The maximum atomic E-state index is 11.2. The molecule has 0 spiro atoms. The van der Waals surface area contributed by atoms with Crippen LogP contribution in [-0.2, 0) is 0 Å². The highest BCUT2D eigenvalue weighted by molar-refractivity contribution is 5.85. The summed E-state index contributed by atoms with van der Waals surface area (Å²) in [5.74, 6) is 0.116. The highest BCUT2D eigenvalue weighted by Gasteiger charge is 2.30. The van der Waals surface area contributed by atoms with Crippen molar-refractivity contribution in [3.05, 3.63) is 41.7 Å². The van der Waals surface area contributed by atoms with Crippen molar-refractivity contribution in [2.24, 2.45) is 0 Å². The number of aromatic nitrogens is 2. The SMILES string of the molecule is CC(C)Oc1ccccc1-n1nc(C(=O)O)cc1C1CC1. The Hall–Kier alpha value is -2.30. The van der Waals surface area contributed by atoms with Crippen molar-refractivity contribution in [3.63, 3.8) is 0 Å². The molecule has 1 fully saturated rings. The van der Waals surface area contributed by atoms with Crippen LogP contribution in [0, 0.1) is 0 Å². The molecule has 0 unspecified atom stereocenters. The van der Waals surface area contributed by atoms with Crippen LogP contribution in [0.15, 0.2) is 30.3 Å². The maximum Gasteiger partial charge on any atom is 0.356 e. The lowest BCUT2D eigenvalue weighted by atomic mass is 10.2. The summed E-state index contributed by atoms with van der Waals surface area (Å²) >= 11 is 0. The molecule has 5 heteroatoms. The zero-order valence-electron chi connectivity index (χ0n) is 12.1. The minimum atomic E-state index is -1.00. The second-order valence-electron chi connectivity index (χ2n) is 5.58. The van der Waals surface area contributed by atoms with Crippen molar-refractivity contribution in [1.29, 1.82) is 0 Å². The van der Waals surface area contributed by atoms with E-state index in [0.717, 1.165) is 30.0 Å². The first kappa shape index (κ1) is 13.7. The van der Waals surface area contributed by atoms with Crippen LogP contribution in [0.4, 0.5) is 0 Å². The topological polar surface area (TPSA) is 64.4 Å². The van der Waals surface area contributed by atoms with E-state index in [0.29, 0.717) is 5.92 Å². The number of carboxylic acid groups (broad SMARTS) is 1. The molecule has 21 heavy (non-hydrogen) atoms. The van der Waals surface area contributed by atoms with Gasteiger partial charge in [-0.3, -0.25) is 0 Å². The predicted octanol–water partition coefficient (Wildman–Crippen LogP) is 3.24. The minimum Gasteiger partial charge on any atom is -0.489 e. The molecule has 0 radical (unpaired) electrons. The quantitative estimate of drug-likeness (QED) is 0.916. The van der Waals surface area contributed by atoms with Gasteiger partial charge in [0.1, 0.15) is 11.4 Å². The normalized spacial score (nSPS) is 14.4. The Balaban J connectivity index is 2.09. The molecule has 5 nitrogen and oxygen atoms in total. The summed E-state index contributed by atoms with van der Waals surface area (Å²) in [5, 5.41) is 13.4. The van der Waals surface area contributed by atoms with Crippen molar-refractivity contribution in [1.82, 2.24) is 9.78 Å². The summed E-state index contributed by atoms with van der Waals surface area (Å²) in [6.07, 6.45) is 2.21. The van der Waals surface area contributed by atoms with Gasteiger partial charge in [0.25, 0.3) is 0 Å². The lowest BCUT2D eigenvalue weighted by Gasteiger charge is -2.15. The van der Waals surface area contributed by atoms with Gasteiger partial charge < -0.3 is 9.84 Å². The van der Waals surface area contributed by atoms with Crippen LogP contribution in [-0.4, -0.2) is 27.0 Å². The first-order valence-corrected chi connectivity index (χ1v) is 7.15. The fourth-order valence-corrected chi connectivity index (χ4v) is 2.35. The number of ether oxygens (including phenoxy) is 1. The van der Waals surface area contributed by atoms with Crippen LogP contribution >= 0.6 is 0 Å². The van der Waals surface area contributed by atoms with Gasteiger partial charge in [-0.1, -0.05) is 12.1 Å². The van der Waals surface area contributed by atoms with E-state index < -0.39 is 5.97 Å². The van der Waals surface area contributed by atoms with Crippen molar-refractivity contribution < 1.29 is 14.6 Å². The number of nitrogens with zero attached hydrogens (tertiary/aromatic N) is 2.